The molecule has 3 aliphatic rings. The van der Waals surface area contributed by atoms with Crippen LogP contribution in [0.25, 0.3) is 0 Å². The Hall–Kier alpha value is -2.03. The molecule has 1 spiro atoms. The van der Waals surface area contributed by atoms with Crippen molar-refractivity contribution in [3.05, 3.63) is 41.4 Å². The molecule has 7 nitrogen and oxygen atoms in total. The number of rotatable bonds is 9. The number of ether oxygens (including phenoxy) is 1. The molecule has 1 aromatic rings. The third-order valence-corrected chi connectivity index (χ3v) is 10.5. The van der Waals surface area contributed by atoms with Crippen LogP contribution < -0.4 is 4.90 Å². The van der Waals surface area contributed by atoms with Gasteiger partial charge < -0.3 is 19.6 Å². The van der Waals surface area contributed by atoms with E-state index in [1.807, 2.05) is 26.0 Å². The molecule has 7 atom stereocenters. The van der Waals surface area contributed by atoms with E-state index in [2.05, 4.69) is 13.5 Å². The van der Waals surface area contributed by atoms with Crippen molar-refractivity contribution >= 4 is 46.8 Å². The summed E-state index contributed by atoms with van der Waals surface area (Å²) in [5, 5.41) is 10.6. The number of esters is 1. The zero-order valence-corrected chi connectivity index (χ0v) is 22.8. The first-order chi connectivity index (χ1) is 17.2. The molecule has 3 unspecified atom stereocenters. The number of thioether (sulfide) groups is 1. The summed E-state index contributed by atoms with van der Waals surface area (Å²) < 4.78 is 4.60. The molecule has 3 aliphatic heterocycles. The van der Waals surface area contributed by atoms with Crippen molar-refractivity contribution < 1.29 is 24.2 Å². The Bertz CT molecular complexity index is 1040. The number of carbonyl (C=O) groups excluding carboxylic acids is 3. The number of para-hydroxylation sites is 1. The standard InChI is InChI=1S/C27H35ClN2O5S/c1-6-12-29(22-15(4)10-9-11-18(22)28)25(33)23-27-16(5)13-19(36-27)20(26(34)35-8-3)21(27)24(32)30(23)17(7-2)14-31/h6,9-11,16-17,19-21,23,31H,1,7-8,12-14H2,2-5H3/t16?,17-,19-,20+,21-,23?,27?/m0/s1. The molecule has 1 N–H and O–H groups in total. The Morgan fingerprint density at radius 3 is 2.72 bits per heavy atom. The third kappa shape index (κ3) is 3.87. The summed E-state index contributed by atoms with van der Waals surface area (Å²) in [5.41, 5.74) is 1.41. The second-order valence-electron chi connectivity index (χ2n) is 9.94. The lowest BCUT2D eigenvalue weighted by atomic mass is 9.66. The van der Waals surface area contributed by atoms with Crippen molar-refractivity contribution in [3.63, 3.8) is 0 Å². The third-order valence-electron chi connectivity index (χ3n) is 8.09. The number of aliphatic hydroxyl groups excluding tert-OH is 1. The Labute approximate surface area is 222 Å². The van der Waals surface area contributed by atoms with Crippen molar-refractivity contribution in [1.29, 1.82) is 0 Å². The van der Waals surface area contributed by atoms with Crippen LogP contribution >= 0.6 is 23.4 Å². The number of fused-ring (bicyclic) bond motifs is 1. The first-order valence-electron chi connectivity index (χ1n) is 12.6. The summed E-state index contributed by atoms with van der Waals surface area (Å²) >= 11 is 8.18. The van der Waals surface area contributed by atoms with Gasteiger partial charge in [0.1, 0.15) is 6.04 Å². The smallest absolute Gasteiger partial charge is 0.310 e. The van der Waals surface area contributed by atoms with Gasteiger partial charge in [0.25, 0.3) is 5.91 Å². The first-order valence-corrected chi connectivity index (χ1v) is 13.9. The van der Waals surface area contributed by atoms with Crippen LogP contribution in [0, 0.1) is 24.7 Å². The number of anilines is 1. The topological polar surface area (TPSA) is 87.2 Å². The van der Waals surface area contributed by atoms with Crippen LogP contribution in [0.3, 0.4) is 0 Å². The number of likely N-dealkylation sites (tertiary alicyclic amines) is 1. The molecule has 3 heterocycles. The van der Waals surface area contributed by atoms with Gasteiger partial charge in [0, 0.05) is 11.8 Å². The highest BCUT2D eigenvalue weighted by Crippen LogP contribution is 2.69. The lowest BCUT2D eigenvalue weighted by molar-refractivity contribution is -0.154. The van der Waals surface area contributed by atoms with Gasteiger partial charge in [-0.3, -0.25) is 14.4 Å². The molecule has 36 heavy (non-hydrogen) atoms. The summed E-state index contributed by atoms with van der Waals surface area (Å²) in [4.78, 5) is 45.0. The maximum atomic E-state index is 14.6. The van der Waals surface area contributed by atoms with Crippen LogP contribution in [-0.4, -0.2) is 69.6 Å². The van der Waals surface area contributed by atoms with Crippen LogP contribution in [0.1, 0.15) is 39.2 Å². The van der Waals surface area contributed by atoms with Gasteiger partial charge in [-0.2, -0.15) is 0 Å². The van der Waals surface area contributed by atoms with Gasteiger partial charge in [0.05, 0.1) is 46.5 Å². The maximum Gasteiger partial charge on any atom is 0.310 e. The Morgan fingerprint density at radius 2 is 2.14 bits per heavy atom. The minimum atomic E-state index is -0.854. The maximum absolute atomic E-state index is 14.6. The van der Waals surface area contributed by atoms with Gasteiger partial charge in [-0.25, -0.2) is 0 Å². The number of halogens is 1. The van der Waals surface area contributed by atoms with E-state index in [0.29, 0.717) is 17.1 Å². The fraction of sp³-hybridized carbons (Fsp3) is 0.593. The number of carbonyl (C=O) groups is 3. The highest BCUT2D eigenvalue weighted by atomic mass is 35.5. The monoisotopic (exact) mass is 534 g/mol. The molecule has 0 aromatic heterocycles. The molecule has 0 radical (unpaired) electrons. The lowest BCUT2D eigenvalue weighted by Gasteiger charge is -2.42. The zero-order chi connectivity index (χ0) is 26.4. The lowest BCUT2D eigenvalue weighted by Crippen LogP contribution is -2.59. The average Bonchev–Trinajstić information content (AvgIpc) is 3.43. The number of hydrogen-bond acceptors (Lipinski definition) is 6. The normalized spacial score (nSPS) is 31.3. The van der Waals surface area contributed by atoms with Crippen LogP contribution in [-0.2, 0) is 19.1 Å². The molecule has 2 bridgehead atoms. The molecule has 9 heteroatoms. The molecule has 3 fully saturated rings. The number of nitrogens with zero attached hydrogens (tertiary/aromatic N) is 2. The van der Waals surface area contributed by atoms with E-state index in [-0.39, 0.29) is 48.7 Å². The predicted molar refractivity (Wildman–Crippen MR) is 142 cm³/mol. The second-order valence-corrected chi connectivity index (χ2v) is 11.9. The van der Waals surface area contributed by atoms with Gasteiger partial charge in [-0.1, -0.05) is 43.7 Å². The first kappa shape index (κ1) is 27.0. The van der Waals surface area contributed by atoms with Gasteiger partial charge in [-0.05, 0) is 44.2 Å². The van der Waals surface area contributed by atoms with E-state index in [1.54, 1.807) is 40.6 Å². The number of benzene rings is 1. The second kappa shape index (κ2) is 10.4. The molecule has 2 amide bonds. The number of hydrogen-bond donors (Lipinski definition) is 1. The molecule has 0 saturated carbocycles. The minimum Gasteiger partial charge on any atom is -0.466 e. The quantitative estimate of drug-likeness (QED) is 0.382. The molecule has 196 valence electrons. The largest absolute Gasteiger partial charge is 0.466 e. The summed E-state index contributed by atoms with van der Waals surface area (Å²) in [7, 11) is 0. The van der Waals surface area contributed by atoms with Crippen LogP contribution in [0.15, 0.2) is 30.9 Å². The van der Waals surface area contributed by atoms with Crippen LogP contribution in [0.4, 0.5) is 5.69 Å². The number of aryl methyl sites for hydroxylation is 1. The van der Waals surface area contributed by atoms with Crippen molar-refractivity contribution in [1.82, 2.24) is 4.90 Å². The Kier molecular flexibility index (Phi) is 7.79. The number of aliphatic hydroxyl groups is 1. The SMILES string of the molecule is C=CCN(C(=O)C1N([C@@H](CC)CO)C(=O)[C@@H]2[C@H](C(=O)OCC)[C@@H]3CC(C)C12S3)c1c(C)cccc1Cl. The van der Waals surface area contributed by atoms with Crippen molar-refractivity contribution in [2.24, 2.45) is 17.8 Å². The highest BCUT2D eigenvalue weighted by molar-refractivity contribution is 8.02. The van der Waals surface area contributed by atoms with Gasteiger partial charge in [-0.15, -0.1) is 18.3 Å². The predicted octanol–water partition coefficient (Wildman–Crippen LogP) is 3.84. The zero-order valence-electron chi connectivity index (χ0n) is 21.3. The van der Waals surface area contributed by atoms with Crippen molar-refractivity contribution in [2.45, 2.75) is 62.6 Å². The van der Waals surface area contributed by atoms with E-state index >= 15 is 0 Å². The molecule has 0 aliphatic carbocycles. The van der Waals surface area contributed by atoms with Gasteiger partial charge in [0.15, 0.2) is 0 Å². The van der Waals surface area contributed by atoms with Crippen LogP contribution in [0.5, 0.6) is 0 Å². The number of amides is 2. The van der Waals surface area contributed by atoms with Crippen molar-refractivity contribution in [2.75, 3.05) is 24.7 Å². The Morgan fingerprint density at radius 1 is 1.42 bits per heavy atom. The molecule has 3 saturated heterocycles. The van der Waals surface area contributed by atoms with E-state index in [4.69, 9.17) is 16.3 Å². The molecule has 4 rings (SSSR count). The minimum absolute atomic E-state index is 0.0141. The summed E-state index contributed by atoms with van der Waals surface area (Å²) in [6.45, 7) is 11.6. The Balaban J connectivity index is 1.88. The fourth-order valence-electron chi connectivity index (χ4n) is 6.59. The molecule has 1 aromatic carbocycles. The van der Waals surface area contributed by atoms with E-state index in [1.165, 1.54) is 0 Å². The summed E-state index contributed by atoms with van der Waals surface area (Å²) in [5.74, 6) is -2.16. The fourth-order valence-corrected chi connectivity index (χ4v) is 9.30. The van der Waals surface area contributed by atoms with E-state index in [9.17, 15) is 19.5 Å². The van der Waals surface area contributed by atoms with Crippen molar-refractivity contribution in [3.8, 4) is 0 Å². The molecular weight excluding hydrogens is 500 g/mol. The van der Waals surface area contributed by atoms with Gasteiger partial charge >= 0.3 is 5.97 Å². The molecular formula is C27H35ClN2O5S. The van der Waals surface area contributed by atoms with E-state index < -0.39 is 28.7 Å². The van der Waals surface area contributed by atoms with Gasteiger partial charge in [0.2, 0.25) is 5.91 Å². The van der Waals surface area contributed by atoms with E-state index in [0.717, 1.165) is 12.0 Å². The average molecular weight is 535 g/mol. The summed E-state index contributed by atoms with van der Waals surface area (Å²) in [6.07, 6.45) is 2.84. The van der Waals surface area contributed by atoms with Crippen LogP contribution in [0.2, 0.25) is 5.02 Å². The highest BCUT2D eigenvalue weighted by Gasteiger charge is 2.77. The summed E-state index contributed by atoms with van der Waals surface area (Å²) in [6, 6.07) is 4.06.